The highest BCUT2D eigenvalue weighted by molar-refractivity contribution is 8.03. The van der Waals surface area contributed by atoms with E-state index in [4.69, 9.17) is 16.3 Å². The number of allylic oxidation sites excluding steroid dienone is 2. The number of carbonyl (C=O) groups is 2. The van der Waals surface area contributed by atoms with Gasteiger partial charge in [-0.05, 0) is 48.9 Å². The molecule has 0 unspecified atom stereocenters. The second kappa shape index (κ2) is 12.4. The van der Waals surface area contributed by atoms with Gasteiger partial charge in [0.1, 0.15) is 5.75 Å². The average molecular weight is 545 g/mol. The van der Waals surface area contributed by atoms with E-state index in [1.807, 2.05) is 36.4 Å². The fraction of sp³-hybridized carbons (Fsp3) is 0.138. The third-order valence-electron chi connectivity index (χ3n) is 5.86. The number of halogens is 1. The van der Waals surface area contributed by atoms with Gasteiger partial charge in [0, 0.05) is 22.0 Å². The molecule has 1 atom stereocenters. The first-order chi connectivity index (χ1) is 18.4. The lowest BCUT2D eigenvalue weighted by atomic mass is 9.82. The van der Waals surface area contributed by atoms with E-state index in [1.165, 1.54) is 18.9 Å². The van der Waals surface area contributed by atoms with Crippen molar-refractivity contribution in [3.8, 4) is 11.8 Å². The molecule has 3 aromatic carbocycles. The monoisotopic (exact) mass is 544 g/mol. The Hall–Kier alpha value is -4.19. The molecule has 3 aromatic rings. The van der Waals surface area contributed by atoms with Crippen LogP contribution in [-0.4, -0.2) is 24.7 Å². The predicted octanol–water partition coefficient (Wildman–Crippen LogP) is 6.06. The van der Waals surface area contributed by atoms with E-state index in [9.17, 15) is 14.9 Å². The van der Waals surface area contributed by atoms with E-state index in [0.29, 0.717) is 44.0 Å². The SMILES string of the molecule is COc1ccccc1NC(=O)C1=C(C)NC(SCC(=O)Nc2ccc(Cl)cc2)=C(C#N)[C@@H]1c1ccccc1. The highest BCUT2D eigenvalue weighted by Gasteiger charge is 2.35. The summed E-state index contributed by atoms with van der Waals surface area (Å²) in [6.07, 6.45) is 0. The summed E-state index contributed by atoms with van der Waals surface area (Å²) in [6, 6.07) is 25.6. The fourth-order valence-electron chi connectivity index (χ4n) is 4.11. The van der Waals surface area contributed by atoms with Crippen LogP contribution in [0.1, 0.15) is 18.4 Å². The van der Waals surface area contributed by atoms with Crippen LogP contribution in [0, 0.1) is 11.3 Å². The van der Waals surface area contributed by atoms with Gasteiger partial charge >= 0.3 is 0 Å². The molecule has 7 nitrogen and oxygen atoms in total. The molecule has 1 aliphatic rings. The normalized spacial score (nSPS) is 14.8. The Kier molecular flexibility index (Phi) is 8.74. The van der Waals surface area contributed by atoms with Gasteiger partial charge < -0.3 is 20.7 Å². The molecule has 0 aliphatic carbocycles. The maximum absolute atomic E-state index is 13.6. The number of thioether (sulfide) groups is 1. The van der Waals surface area contributed by atoms with Gasteiger partial charge in [-0.2, -0.15) is 5.26 Å². The van der Waals surface area contributed by atoms with Crippen LogP contribution in [0.3, 0.4) is 0 Å². The predicted molar refractivity (Wildman–Crippen MR) is 152 cm³/mol. The van der Waals surface area contributed by atoms with E-state index in [1.54, 1.807) is 49.4 Å². The third kappa shape index (κ3) is 6.20. The number of ether oxygens (including phenoxy) is 1. The van der Waals surface area contributed by atoms with Crippen molar-refractivity contribution in [3.63, 3.8) is 0 Å². The zero-order valence-electron chi connectivity index (χ0n) is 20.7. The number of rotatable bonds is 8. The van der Waals surface area contributed by atoms with Crippen molar-refractivity contribution in [2.45, 2.75) is 12.8 Å². The number of nitrogens with one attached hydrogen (secondary N) is 3. The molecule has 192 valence electrons. The van der Waals surface area contributed by atoms with Crippen LogP contribution in [0.5, 0.6) is 5.75 Å². The maximum atomic E-state index is 13.6. The summed E-state index contributed by atoms with van der Waals surface area (Å²) >= 11 is 7.12. The molecule has 0 saturated heterocycles. The summed E-state index contributed by atoms with van der Waals surface area (Å²) in [6.45, 7) is 1.79. The molecule has 1 heterocycles. The summed E-state index contributed by atoms with van der Waals surface area (Å²) in [5, 5.41) is 20.3. The Morgan fingerprint density at radius 2 is 1.71 bits per heavy atom. The number of nitriles is 1. The first-order valence-electron chi connectivity index (χ1n) is 11.7. The van der Waals surface area contributed by atoms with Crippen molar-refractivity contribution in [1.82, 2.24) is 5.32 Å². The second-order valence-electron chi connectivity index (χ2n) is 8.36. The number of carbonyl (C=O) groups excluding carboxylic acids is 2. The van der Waals surface area contributed by atoms with Gasteiger partial charge in [0.15, 0.2) is 0 Å². The minimum atomic E-state index is -0.626. The van der Waals surface area contributed by atoms with Crippen LogP contribution in [0.25, 0.3) is 0 Å². The number of nitrogens with zero attached hydrogens (tertiary/aromatic N) is 1. The van der Waals surface area contributed by atoms with Gasteiger partial charge in [-0.1, -0.05) is 65.8 Å². The molecule has 0 radical (unpaired) electrons. The van der Waals surface area contributed by atoms with Crippen molar-refractivity contribution in [3.05, 3.63) is 111 Å². The quantitative estimate of drug-likeness (QED) is 0.319. The number of methoxy groups -OCH3 is 1. The van der Waals surface area contributed by atoms with Crippen molar-refractivity contribution in [2.75, 3.05) is 23.5 Å². The van der Waals surface area contributed by atoms with Crippen LogP contribution < -0.4 is 20.7 Å². The number of hydrogen-bond donors (Lipinski definition) is 3. The summed E-state index contributed by atoms with van der Waals surface area (Å²) in [5.41, 5.74) is 3.29. The van der Waals surface area contributed by atoms with Crippen LogP contribution in [0.15, 0.2) is 101 Å². The van der Waals surface area contributed by atoms with Crippen LogP contribution in [-0.2, 0) is 9.59 Å². The van der Waals surface area contributed by atoms with E-state index in [-0.39, 0.29) is 17.6 Å². The van der Waals surface area contributed by atoms with Gasteiger partial charge in [0.2, 0.25) is 5.91 Å². The van der Waals surface area contributed by atoms with Crippen molar-refractivity contribution < 1.29 is 14.3 Å². The summed E-state index contributed by atoms with van der Waals surface area (Å²) < 4.78 is 5.38. The van der Waals surface area contributed by atoms with Gasteiger partial charge in [-0.25, -0.2) is 0 Å². The Morgan fingerprint density at radius 1 is 1.03 bits per heavy atom. The molecular formula is C29H25ClN4O3S. The molecule has 2 amide bonds. The number of para-hydroxylation sites is 2. The minimum absolute atomic E-state index is 0.0632. The number of hydrogen-bond acceptors (Lipinski definition) is 6. The number of dihydropyridines is 1. The standard InChI is InChI=1S/C29H25ClN4O3S/c1-18-26(28(36)34-23-10-6-7-11-24(23)37-2)27(19-8-4-3-5-9-19)22(16-31)29(32-18)38-17-25(35)33-21-14-12-20(30)13-15-21/h3-15,27,32H,17H2,1-2H3,(H,33,35)(H,34,36)/t27-/m0/s1. The van der Waals surface area contributed by atoms with E-state index >= 15 is 0 Å². The number of amides is 2. The van der Waals surface area contributed by atoms with Crippen LogP contribution >= 0.6 is 23.4 Å². The summed E-state index contributed by atoms with van der Waals surface area (Å²) in [5.74, 6) is -0.627. The van der Waals surface area contributed by atoms with Gasteiger partial charge in [0.25, 0.3) is 5.91 Å². The molecule has 9 heteroatoms. The van der Waals surface area contributed by atoms with Gasteiger partial charge in [-0.15, -0.1) is 0 Å². The molecule has 38 heavy (non-hydrogen) atoms. The van der Waals surface area contributed by atoms with Crippen molar-refractivity contribution in [1.29, 1.82) is 5.26 Å². The Morgan fingerprint density at radius 3 is 2.39 bits per heavy atom. The maximum Gasteiger partial charge on any atom is 0.254 e. The first kappa shape index (κ1) is 26.9. The molecule has 3 N–H and O–H groups in total. The zero-order chi connectivity index (χ0) is 27.1. The van der Waals surface area contributed by atoms with E-state index in [2.05, 4.69) is 22.0 Å². The topological polar surface area (TPSA) is 103 Å². The van der Waals surface area contributed by atoms with Gasteiger partial charge in [0.05, 0.1) is 41.1 Å². The highest BCUT2D eigenvalue weighted by Crippen LogP contribution is 2.41. The zero-order valence-corrected chi connectivity index (χ0v) is 22.3. The first-order valence-corrected chi connectivity index (χ1v) is 13.1. The van der Waals surface area contributed by atoms with Crippen LogP contribution in [0.2, 0.25) is 5.02 Å². The smallest absolute Gasteiger partial charge is 0.254 e. The average Bonchev–Trinajstić information content (AvgIpc) is 2.93. The lowest BCUT2D eigenvalue weighted by Gasteiger charge is -2.30. The Labute approximate surface area is 230 Å². The molecular weight excluding hydrogens is 520 g/mol. The largest absolute Gasteiger partial charge is 0.495 e. The van der Waals surface area contributed by atoms with Crippen LogP contribution in [0.4, 0.5) is 11.4 Å². The fourth-order valence-corrected chi connectivity index (χ4v) is 5.13. The van der Waals surface area contributed by atoms with E-state index < -0.39 is 5.92 Å². The molecule has 1 aliphatic heterocycles. The van der Waals surface area contributed by atoms with E-state index in [0.717, 1.165) is 5.56 Å². The molecule has 4 rings (SSSR count). The number of anilines is 2. The highest BCUT2D eigenvalue weighted by atomic mass is 35.5. The third-order valence-corrected chi connectivity index (χ3v) is 7.12. The van der Waals surface area contributed by atoms with Crippen molar-refractivity contribution >= 4 is 46.6 Å². The number of benzene rings is 3. The Bertz CT molecular complexity index is 1450. The molecule has 0 aromatic heterocycles. The lowest BCUT2D eigenvalue weighted by molar-refractivity contribution is -0.114. The molecule has 0 spiro atoms. The lowest BCUT2D eigenvalue weighted by Crippen LogP contribution is -2.31. The van der Waals surface area contributed by atoms with Gasteiger partial charge in [-0.3, -0.25) is 9.59 Å². The summed E-state index contributed by atoms with van der Waals surface area (Å²) in [4.78, 5) is 26.2. The van der Waals surface area contributed by atoms with Crippen molar-refractivity contribution in [2.24, 2.45) is 0 Å². The molecule has 0 bridgehead atoms. The molecule has 0 saturated carbocycles. The Balaban J connectivity index is 1.61. The molecule has 0 fully saturated rings. The minimum Gasteiger partial charge on any atom is -0.495 e. The second-order valence-corrected chi connectivity index (χ2v) is 9.78. The summed E-state index contributed by atoms with van der Waals surface area (Å²) in [7, 11) is 1.54.